The van der Waals surface area contributed by atoms with Gasteiger partial charge in [0.1, 0.15) is 18.2 Å². The fourth-order valence-electron chi connectivity index (χ4n) is 2.38. The van der Waals surface area contributed by atoms with Crippen LogP contribution >= 0.6 is 0 Å². The highest BCUT2D eigenvalue weighted by molar-refractivity contribution is 5.89. The molecule has 2 aromatic rings. The van der Waals surface area contributed by atoms with E-state index in [2.05, 4.69) is 15.3 Å². The lowest BCUT2D eigenvalue weighted by Gasteiger charge is -2.14. The zero-order valence-electron chi connectivity index (χ0n) is 11.7. The largest absolute Gasteiger partial charge is 0.370 e. The van der Waals surface area contributed by atoms with Crippen molar-refractivity contribution in [3.63, 3.8) is 0 Å². The second kappa shape index (κ2) is 5.88. The molecule has 0 amide bonds. The van der Waals surface area contributed by atoms with E-state index in [1.807, 2.05) is 0 Å². The Morgan fingerprint density at radius 2 is 2.09 bits per heavy atom. The predicted octanol–water partition coefficient (Wildman–Crippen LogP) is 3.54. The normalized spacial score (nSPS) is 20.3. The van der Waals surface area contributed by atoms with Crippen LogP contribution in [0.2, 0.25) is 0 Å². The van der Waals surface area contributed by atoms with Crippen molar-refractivity contribution in [2.75, 3.05) is 18.5 Å². The third-order valence-corrected chi connectivity index (χ3v) is 3.42. The molecule has 9 heteroatoms. The summed E-state index contributed by atoms with van der Waals surface area (Å²) in [6.07, 6.45) is -4.16. The summed E-state index contributed by atoms with van der Waals surface area (Å²) in [5.74, 6) is -4.24. The van der Waals surface area contributed by atoms with Crippen molar-refractivity contribution in [2.24, 2.45) is 0 Å². The summed E-state index contributed by atoms with van der Waals surface area (Å²) in [7, 11) is 0. The third-order valence-electron chi connectivity index (χ3n) is 3.42. The van der Waals surface area contributed by atoms with Gasteiger partial charge in [-0.15, -0.1) is 0 Å². The highest BCUT2D eigenvalue weighted by Crippen LogP contribution is 2.30. The van der Waals surface area contributed by atoms with Crippen molar-refractivity contribution in [3.05, 3.63) is 29.8 Å². The number of nitrogens with zero attached hydrogens (tertiary/aromatic N) is 2. The van der Waals surface area contributed by atoms with E-state index in [9.17, 15) is 22.0 Å². The van der Waals surface area contributed by atoms with Crippen molar-refractivity contribution < 1.29 is 26.7 Å². The summed E-state index contributed by atoms with van der Waals surface area (Å²) in [5.41, 5.74) is 0.136. The number of benzene rings is 1. The number of rotatable bonds is 4. The fraction of sp³-hybridized carbons (Fsp3) is 0.429. The van der Waals surface area contributed by atoms with Crippen LogP contribution in [0.5, 0.6) is 0 Å². The number of alkyl halides is 4. The van der Waals surface area contributed by atoms with Crippen LogP contribution in [0.25, 0.3) is 10.9 Å². The maximum Gasteiger partial charge on any atom is 0.297 e. The van der Waals surface area contributed by atoms with E-state index in [-0.39, 0.29) is 23.3 Å². The fourth-order valence-corrected chi connectivity index (χ4v) is 2.38. The molecule has 1 aliphatic heterocycles. The lowest BCUT2D eigenvalue weighted by Crippen LogP contribution is -2.21. The van der Waals surface area contributed by atoms with Gasteiger partial charge in [-0.25, -0.2) is 31.9 Å². The number of aromatic nitrogens is 2. The summed E-state index contributed by atoms with van der Waals surface area (Å²) in [6, 6.07) is 3.44. The Bertz CT molecular complexity index is 725. The molecule has 1 aliphatic rings. The highest BCUT2D eigenvalue weighted by atomic mass is 19.3. The van der Waals surface area contributed by atoms with Gasteiger partial charge in [-0.2, -0.15) is 0 Å². The van der Waals surface area contributed by atoms with Gasteiger partial charge in [0, 0.05) is 18.4 Å². The number of halogens is 5. The van der Waals surface area contributed by atoms with E-state index >= 15 is 0 Å². The van der Waals surface area contributed by atoms with E-state index in [0.717, 1.165) is 12.1 Å². The van der Waals surface area contributed by atoms with Crippen molar-refractivity contribution in [1.82, 2.24) is 9.97 Å². The minimum Gasteiger partial charge on any atom is -0.370 e. The van der Waals surface area contributed by atoms with E-state index in [0.29, 0.717) is 0 Å². The van der Waals surface area contributed by atoms with Crippen LogP contribution in [0.3, 0.4) is 0 Å². The molecule has 1 aromatic heterocycles. The molecule has 0 spiro atoms. The lowest BCUT2D eigenvalue weighted by atomic mass is 10.2. The first kappa shape index (κ1) is 15.9. The van der Waals surface area contributed by atoms with E-state index in [1.165, 1.54) is 6.07 Å². The van der Waals surface area contributed by atoms with E-state index in [1.54, 1.807) is 0 Å². The Balaban J connectivity index is 1.87. The smallest absolute Gasteiger partial charge is 0.297 e. The molecule has 23 heavy (non-hydrogen) atoms. The first-order chi connectivity index (χ1) is 10.8. The number of hydrogen-bond acceptors (Lipinski definition) is 4. The molecule has 1 fully saturated rings. The van der Waals surface area contributed by atoms with E-state index in [4.69, 9.17) is 4.74 Å². The molecule has 0 radical (unpaired) electrons. The second-order valence-electron chi connectivity index (χ2n) is 5.27. The Morgan fingerprint density at radius 1 is 1.30 bits per heavy atom. The Morgan fingerprint density at radius 3 is 2.74 bits per heavy atom. The second-order valence-corrected chi connectivity index (χ2v) is 5.27. The molecule has 0 aliphatic carbocycles. The zero-order chi connectivity index (χ0) is 16.6. The van der Waals surface area contributed by atoms with Gasteiger partial charge in [-0.1, -0.05) is 0 Å². The molecule has 1 N–H and O–H groups in total. The minimum atomic E-state index is -2.91. The van der Waals surface area contributed by atoms with Gasteiger partial charge < -0.3 is 10.1 Å². The SMILES string of the molecule is Fc1ccc2nc(C(F)F)nc(NCC3CC(F)(F)CO3)c2c1. The monoisotopic (exact) mass is 333 g/mol. The number of fused-ring (bicyclic) bond motifs is 1. The maximum absolute atomic E-state index is 13.4. The van der Waals surface area contributed by atoms with Gasteiger partial charge >= 0.3 is 0 Å². The number of hydrogen-bond donors (Lipinski definition) is 1. The van der Waals surface area contributed by atoms with Gasteiger partial charge in [-0.05, 0) is 18.2 Å². The van der Waals surface area contributed by atoms with Crippen LogP contribution in [-0.4, -0.2) is 35.1 Å². The Kier molecular flexibility index (Phi) is 4.05. The standard InChI is InChI=1S/C14H12F5N3O/c15-7-1-2-10-9(3-7)12(22-13(21-10)11(16)17)20-5-8-4-14(18,19)6-23-8/h1-3,8,11H,4-6H2,(H,20,21,22). The van der Waals surface area contributed by atoms with Crippen molar-refractivity contribution in [3.8, 4) is 0 Å². The van der Waals surface area contributed by atoms with Crippen LogP contribution in [-0.2, 0) is 4.74 Å². The molecule has 124 valence electrons. The topological polar surface area (TPSA) is 47.0 Å². The summed E-state index contributed by atoms with van der Waals surface area (Å²) in [6.45, 7) is -0.734. The minimum absolute atomic E-state index is 0.0383. The van der Waals surface area contributed by atoms with Crippen LogP contribution in [0.4, 0.5) is 27.8 Å². The Labute approximate surface area is 127 Å². The van der Waals surface area contributed by atoms with Crippen molar-refractivity contribution >= 4 is 16.7 Å². The number of nitrogens with one attached hydrogen (secondary N) is 1. The highest BCUT2D eigenvalue weighted by Gasteiger charge is 2.40. The molecular weight excluding hydrogens is 321 g/mol. The lowest BCUT2D eigenvalue weighted by molar-refractivity contribution is -0.00962. The van der Waals surface area contributed by atoms with E-state index < -0.39 is 43.1 Å². The molecule has 1 atom stereocenters. The molecular formula is C14H12F5N3O. The molecule has 1 aromatic carbocycles. The average Bonchev–Trinajstić information content (AvgIpc) is 2.84. The van der Waals surface area contributed by atoms with Crippen molar-refractivity contribution in [2.45, 2.75) is 24.9 Å². The van der Waals surface area contributed by atoms with Gasteiger partial charge in [-0.3, -0.25) is 0 Å². The van der Waals surface area contributed by atoms with Gasteiger partial charge in [0.25, 0.3) is 12.3 Å². The summed E-state index contributed by atoms with van der Waals surface area (Å²) in [5, 5.41) is 2.87. The number of ether oxygens (including phenoxy) is 1. The first-order valence-corrected chi connectivity index (χ1v) is 6.83. The predicted molar refractivity (Wildman–Crippen MR) is 72.2 cm³/mol. The third kappa shape index (κ3) is 3.49. The van der Waals surface area contributed by atoms with Gasteiger partial charge in [0.2, 0.25) is 0 Å². The van der Waals surface area contributed by atoms with Crippen molar-refractivity contribution in [1.29, 1.82) is 0 Å². The van der Waals surface area contributed by atoms with Crippen LogP contribution in [0.1, 0.15) is 18.7 Å². The molecule has 0 saturated carbocycles. The summed E-state index contributed by atoms with van der Waals surface area (Å²) < 4.78 is 70.1. The van der Waals surface area contributed by atoms with Crippen LogP contribution < -0.4 is 5.32 Å². The number of anilines is 1. The van der Waals surface area contributed by atoms with Gasteiger partial charge in [0.05, 0.1) is 11.6 Å². The molecule has 3 rings (SSSR count). The summed E-state index contributed by atoms with van der Waals surface area (Å²) >= 11 is 0. The van der Waals surface area contributed by atoms with Crippen LogP contribution in [0.15, 0.2) is 18.2 Å². The molecule has 4 nitrogen and oxygen atoms in total. The first-order valence-electron chi connectivity index (χ1n) is 6.83. The van der Waals surface area contributed by atoms with Gasteiger partial charge in [0.15, 0.2) is 5.82 Å². The quantitative estimate of drug-likeness (QED) is 0.870. The molecule has 1 unspecified atom stereocenters. The molecule has 1 saturated heterocycles. The molecule has 2 heterocycles. The Hall–Kier alpha value is -2.03. The summed E-state index contributed by atoms with van der Waals surface area (Å²) in [4.78, 5) is 7.32. The molecule has 0 bridgehead atoms. The maximum atomic E-state index is 13.4. The van der Waals surface area contributed by atoms with Crippen LogP contribution in [0, 0.1) is 5.82 Å². The average molecular weight is 333 g/mol. The zero-order valence-corrected chi connectivity index (χ0v) is 11.7.